The molecule has 1 unspecified atom stereocenters. The fraction of sp³-hybridized carbons (Fsp3) is 0.667. The lowest BCUT2D eigenvalue weighted by Crippen LogP contribution is -2.58. The van der Waals surface area contributed by atoms with E-state index >= 15 is 0 Å². The Morgan fingerprint density at radius 2 is 2.15 bits per heavy atom. The summed E-state index contributed by atoms with van der Waals surface area (Å²) in [6.45, 7) is 8.07. The van der Waals surface area contributed by atoms with E-state index in [1.807, 2.05) is 0 Å². The lowest BCUT2D eigenvalue weighted by atomic mass is 9.92. The Bertz CT molecular complexity index is 209. The van der Waals surface area contributed by atoms with Gasteiger partial charge in [-0.15, -0.1) is 0 Å². The highest BCUT2D eigenvalue weighted by Crippen LogP contribution is 2.24. The van der Waals surface area contributed by atoms with Gasteiger partial charge in [-0.05, 0) is 20.3 Å². The van der Waals surface area contributed by atoms with Gasteiger partial charge in [0.15, 0.2) is 5.72 Å². The van der Waals surface area contributed by atoms with Crippen LogP contribution in [0.4, 0.5) is 0 Å². The van der Waals surface area contributed by atoms with Crippen LogP contribution in [-0.4, -0.2) is 22.4 Å². The molecule has 4 nitrogen and oxygen atoms in total. The summed E-state index contributed by atoms with van der Waals surface area (Å²) in [6.07, 6.45) is 1.33. The Morgan fingerprint density at radius 3 is 2.46 bits per heavy atom. The molecule has 0 amide bonds. The second-order valence-electron chi connectivity index (χ2n) is 3.41. The van der Waals surface area contributed by atoms with Crippen molar-refractivity contribution in [2.45, 2.75) is 38.5 Å². The summed E-state index contributed by atoms with van der Waals surface area (Å²) in [5.74, 6) is -0.595. The van der Waals surface area contributed by atoms with Crippen molar-refractivity contribution in [1.29, 1.82) is 0 Å². The molecule has 0 saturated heterocycles. The molecule has 3 N–H and O–H groups in total. The smallest absolute Gasteiger partial charge is 0.330 e. The van der Waals surface area contributed by atoms with E-state index in [2.05, 4.69) is 6.58 Å². The minimum atomic E-state index is -1.52. The summed E-state index contributed by atoms with van der Waals surface area (Å²) in [5, 5.41) is 9.66. The molecular weight excluding hydrogens is 170 g/mol. The summed E-state index contributed by atoms with van der Waals surface area (Å²) < 4.78 is 4.91. The van der Waals surface area contributed by atoms with Gasteiger partial charge < -0.3 is 15.6 Å². The molecule has 1 atom stereocenters. The maximum Gasteiger partial charge on any atom is 0.330 e. The lowest BCUT2D eigenvalue weighted by Gasteiger charge is -2.37. The van der Waals surface area contributed by atoms with Gasteiger partial charge in [0, 0.05) is 6.08 Å². The molecule has 0 saturated carbocycles. The molecule has 13 heavy (non-hydrogen) atoms. The Kier molecular flexibility index (Phi) is 3.63. The highest BCUT2D eigenvalue weighted by molar-refractivity contribution is 5.81. The largest absolute Gasteiger partial charge is 0.452 e. The molecule has 0 radical (unpaired) electrons. The van der Waals surface area contributed by atoms with Gasteiger partial charge in [-0.3, -0.25) is 0 Å². The zero-order valence-electron chi connectivity index (χ0n) is 8.33. The summed E-state index contributed by atoms with van der Waals surface area (Å²) in [4.78, 5) is 10.9. The average molecular weight is 187 g/mol. The van der Waals surface area contributed by atoms with Crippen LogP contribution in [0.1, 0.15) is 27.2 Å². The molecule has 0 aliphatic heterocycles. The van der Waals surface area contributed by atoms with Gasteiger partial charge in [0.1, 0.15) is 5.60 Å². The van der Waals surface area contributed by atoms with Crippen LogP contribution in [0.5, 0.6) is 0 Å². The first-order valence-electron chi connectivity index (χ1n) is 4.13. The predicted molar refractivity (Wildman–Crippen MR) is 49.8 cm³/mol. The number of carbonyl (C=O) groups is 1. The van der Waals surface area contributed by atoms with Crippen LogP contribution >= 0.6 is 0 Å². The van der Waals surface area contributed by atoms with E-state index < -0.39 is 17.3 Å². The molecule has 0 aromatic rings. The second kappa shape index (κ2) is 3.89. The number of ether oxygens (including phenoxy) is 1. The van der Waals surface area contributed by atoms with Crippen LogP contribution in [0.25, 0.3) is 0 Å². The van der Waals surface area contributed by atoms with Crippen LogP contribution in [0.3, 0.4) is 0 Å². The van der Waals surface area contributed by atoms with Crippen molar-refractivity contribution in [3.8, 4) is 0 Å². The number of aliphatic hydroxyl groups is 1. The number of esters is 1. The Morgan fingerprint density at radius 1 is 1.69 bits per heavy atom. The van der Waals surface area contributed by atoms with E-state index in [0.29, 0.717) is 6.42 Å². The number of carbonyl (C=O) groups excluding carboxylic acids is 1. The first kappa shape index (κ1) is 12.1. The monoisotopic (exact) mass is 187 g/mol. The number of nitrogens with two attached hydrogens (primary N) is 1. The first-order valence-corrected chi connectivity index (χ1v) is 4.13. The van der Waals surface area contributed by atoms with Gasteiger partial charge in [-0.2, -0.15) is 0 Å². The van der Waals surface area contributed by atoms with E-state index in [4.69, 9.17) is 10.5 Å². The van der Waals surface area contributed by atoms with E-state index in [-0.39, 0.29) is 0 Å². The van der Waals surface area contributed by atoms with Gasteiger partial charge in [0.25, 0.3) is 0 Å². The van der Waals surface area contributed by atoms with Gasteiger partial charge in [-0.1, -0.05) is 13.5 Å². The third-order valence-corrected chi connectivity index (χ3v) is 2.10. The van der Waals surface area contributed by atoms with Crippen LogP contribution in [0, 0.1) is 0 Å². The zero-order valence-corrected chi connectivity index (χ0v) is 8.33. The van der Waals surface area contributed by atoms with Crippen LogP contribution in [-0.2, 0) is 9.53 Å². The van der Waals surface area contributed by atoms with Crippen molar-refractivity contribution in [1.82, 2.24) is 0 Å². The van der Waals surface area contributed by atoms with Crippen molar-refractivity contribution in [3.63, 3.8) is 0 Å². The van der Waals surface area contributed by atoms with Crippen molar-refractivity contribution < 1.29 is 14.6 Å². The van der Waals surface area contributed by atoms with E-state index in [9.17, 15) is 9.90 Å². The van der Waals surface area contributed by atoms with Gasteiger partial charge in [0.05, 0.1) is 0 Å². The topological polar surface area (TPSA) is 72.5 Å². The maximum absolute atomic E-state index is 10.9. The molecule has 0 spiro atoms. The minimum Gasteiger partial charge on any atom is -0.452 e. The van der Waals surface area contributed by atoms with Gasteiger partial charge in [-0.25, -0.2) is 4.79 Å². The van der Waals surface area contributed by atoms with E-state index in [1.54, 1.807) is 20.8 Å². The van der Waals surface area contributed by atoms with Crippen molar-refractivity contribution >= 4 is 5.97 Å². The fourth-order valence-electron chi connectivity index (χ4n) is 0.807. The second-order valence-corrected chi connectivity index (χ2v) is 3.41. The molecule has 0 aromatic heterocycles. The van der Waals surface area contributed by atoms with Crippen LogP contribution < -0.4 is 5.73 Å². The SMILES string of the molecule is C=CC(=O)OC(C)(C)C(N)(O)CC. The summed E-state index contributed by atoms with van der Waals surface area (Å²) in [5.41, 5.74) is 2.90. The summed E-state index contributed by atoms with van der Waals surface area (Å²) in [6, 6.07) is 0. The molecule has 76 valence electrons. The molecule has 0 aromatic carbocycles. The fourth-order valence-corrected chi connectivity index (χ4v) is 0.807. The summed E-state index contributed by atoms with van der Waals surface area (Å²) in [7, 11) is 0. The van der Waals surface area contributed by atoms with E-state index in [0.717, 1.165) is 6.08 Å². The number of rotatable bonds is 4. The van der Waals surface area contributed by atoms with E-state index in [1.165, 1.54) is 0 Å². The number of hydrogen-bond acceptors (Lipinski definition) is 4. The zero-order chi connectivity index (χ0) is 10.7. The van der Waals surface area contributed by atoms with Gasteiger partial charge in [0.2, 0.25) is 0 Å². The molecule has 0 bridgehead atoms. The lowest BCUT2D eigenvalue weighted by molar-refractivity contribution is -0.182. The van der Waals surface area contributed by atoms with Gasteiger partial charge >= 0.3 is 5.97 Å². The molecular formula is C9H17NO3. The third kappa shape index (κ3) is 2.82. The quantitative estimate of drug-likeness (QED) is 0.383. The Balaban J connectivity index is 4.56. The van der Waals surface area contributed by atoms with Crippen molar-refractivity contribution in [2.24, 2.45) is 5.73 Å². The molecule has 0 fully saturated rings. The third-order valence-electron chi connectivity index (χ3n) is 2.10. The predicted octanol–water partition coefficient (Wildman–Crippen LogP) is 0.552. The highest BCUT2D eigenvalue weighted by atomic mass is 16.6. The highest BCUT2D eigenvalue weighted by Gasteiger charge is 2.41. The maximum atomic E-state index is 10.9. The van der Waals surface area contributed by atoms with Crippen LogP contribution in [0.15, 0.2) is 12.7 Å². The average Bonchev–Trinajstić information content (AvgIpc) is 2.03. The molecule has 0 rings (SSSR count). The van der Waals surface area contributed by atoms with Crippen molar-refractivity contribution in [3.05, 3.63) is 12.7 Å². The Hall–Kier alpha value is -0.870. The van der Waals surface area contributed by atoms with Crippen molar-refractivity contribution in [2.75, 3.05) is 0 Å². The normalized spacial score (nSPS) is 16.1. The molecule has 0 aliphatic rings. The summed E-state index contributed by atoms with van der Waals surface area (Å²) >= 11 is 0. The molecule has 4 heteroatoms. The number of hydrogen-bond donors (Lipinski definition) is 2. The molecule has 0 aliphatic carbocycles. The van der Waals surface area contributed by atoms with Crippen LogP contribution in [0.2, 0.25) is 0 Å². The first-order chi connectivity index (χ1) is 5.77. The standard InChI is InChI=1S/C9H17NO3/c1-5-7(11)13-8(3,4)9(10,12)6-2/h5,12H,1,6,10H2,2-4H3. The Labute approximate surface area is 78.4 Å². The minimum absolute atomic E-state index is 0.296. The molecule has 0 heterocycles.